The van der Waals surface area contributed by atoms with Crippen molar-refractivity contribution in [1.82, 2.24) is 9.71 Å². The normalized spacial score (nSPS) is 11.7. The number of nitrogens with one attached hydrogen (secondary N) is 2. The second-order valence-corrected chi connectivity index (χ2v) is 8.18. The molecule has 2 N–H and O–H groups in total. The number of methoxy groups -OCH3 is 1. The first-order chi connectivity index (χ1) is 12.8. The molecular weight excluding hydrogens is 364 g/mol. The van der Waals surface area contributed by atoms with Gasteiger partial charge in [0.05, 0.1) is 12.0 Å². The Morgan fingerprint density at radius 1 is 1.07 bits per heavy atom. The molecule has 3 aromatic rings. The topological polar surface area (TPSA) is 88.3 Å². The predicted octanol–water partition coefficient (Wildman–Crippen LogP) is 2.67. The van der Waals surface area contributed by atoms with Gasteiger partial charge in [0, 0.05) is 17.6 Å². The van der Waals surface area contributed by atoms with Crippen molar-refractivity contribution >= 4 is 20.9 Å². The van der Waals surface area contributed by atoms with E-state index in [1.165, 1.54) is 0 Å². The number of aryl methyl sites for hydroxylation is 2. The van der Waals surface area contributed by atoms with E-state index in [0.29, 0.717) is 23.3 Å². The van der Waals surface area contributed by atoms with Crippen LogP contribution in [0.5, 0.6) is 5.75 Å². The molecule has 142 valence electrons. The molecule has 0 aliphatic heterocycles. The lowest BCUT2D eigenvalue weighted by molar-refractivity contribution is 0.411. The van der Waals surface area contributed by atoms with E-state index in [1.807, 2.05) is 24.3 Å². The summed E-state index contributed by atoms with van der Waals surface area (Å²) < 4.78 is 33.1. The molecule has 3 rings (SSSR count). The van der Waals surface area contributed by atoms with Gasteiger partial charge in [-0.15, -0.1) is 0 Å². The van der Waals surface area contributed by atoms with Crippen molar-refractivity contribution in [1.29, 1.82) is 0 Å². The Kier molecular flexibility index (Phi) is 5.34. The van der Waals surface area contributed by atoms with Crippen molar-refractivity contribution in [2.75, 3.05) is 13.7 Å². The van der Waals surface area contributed by atoms with Crippen LogP contribution in [0.3, 0.4) is 0 Å². The number of fused-ring (bicyclic) bond motifs is 1. The fourth-order valence-electron chi connectivity index (χ4n) is 3.05. The first-order valence-electron chi connectivity index (χ1n) is 8.57. The van der Waals surface area contributed by atoms with Gasteiger partial charge in [-0.25, -0.2) is 13.1 Å². The zero-order valence-electron chi connectivity index (χ0n) is 15.5. The Balaban J connectivity index is 1.78. The molecule has 27 heavy (non-hydrogen) atoms. The van der Waals surface area contributed by atoms with E-state index in [1.54, 1.807) is 39.2 Å². The molecule has 0 fully saturated rings. The van der Waals surface area contributed by atoms with Crippen LogP contribution in [0.2, 0.25) is 0 Å². The van der Waals surface area contributed by atoms with Gasteiger partial charge in [-0.2, -0.15) is 0 Å². The molecule has 1 aromatic heterocycles. The van der Waals surface area contributed by atoms with Crippen LogP contribution in [0.25, 0.3) is 10.9 Å². The molecule has 1 heterocycles. The molecule has 0 saturated carbocycles. The number of aromatic nitrogens is 1. The summed E-state index contributed by atoms with van der Waals surface area (Å²) in [6.07, 6.45) is 0.299. The summed E-state index contributed by atoms with van der Waals surface area (Å²) >= 11 is 0. The molecule has 0 atom stereocenters. The number of benzene rings is 2. The van der Waals surface area contributed by atoms with Crippen molar-refractivity contribution in [2.24, 2.45) is 0 Å². The largest absolute Gasteiger partial charge is 0.496 e. The highest BCUT2D eigenvalue weighted by Gasteiger charge is 2.18. The summed E-state index contributed by atoms with van der Waals surface area (Å²) in [5, 5.41) is 0.914. The van der Waals surface area contributed by atoms with E-state index in [4.69, 9.17) is 4.74 Å². The summed E-state index contributed by atoms with van der Waals surface area (Å²) in [4.78, 5) is 15.2. The van der Waals surface area contributed by atoms with E-state index >= 15 is 0 Å². The predicted molar refractivity (Wildman–Crippen MR) is 106 cm³/mol. The first kappa shape index (κ1) is 19.1. The highest BCUT2D eigenvalue weighted by molar-refractivity contribution is 7.89. The number of H-pyrrole nitrogens is 1. The summed E-state index contributed by atoms with van der Waals surface area (Å²) in [5.74, 6) is 0.647. The maximum atomic E-state index is 12.7. The molecule has 0 radical (unpaired) electrons. The smallest absolute Gasteiger partial charge is 0.251 e. The van der Waals surface area contributed by atoms with Crippen LogP contribution in [0.15, 0.2) is 52.2 Å². The number of sulfonamides is 1. The Labute approximate surface area is 158 Å². The van der Waals surface area contributed by atoms with Crippen LogP contribution in [0.4, 0.5) is 0 Å². The molecule has 6 nitrogen and oxygen atoms in total. The maximum absolute atomic E-state index is 12.7. The van der Waals surface area contributed by atoms with E-state index in [2.05, 4.69) is 9.71 Å². The van der Waals surface area contributed by atoms with Crippen LogP contribution in [-0.2, 0) is 16.4 Å². The summed E-state index contributed by atoms with van der Waals surface area (Å²) in [6.45, 7) is 3.66. The second kappa shape index (κ2) is 7.54. The third-order valence-electron chi connectivity index (χ3n) is 4.50. The van der Waals surface area contributed by atoms with Gasteiger partial charge < -0.3 is 9.72 Å². The van der Waals surface area contributed by atoms with Gasteiger partial charge in [-0.3, -0.25) is 4.79 Å². The molecule has 0 unspecified atom stereocenters. The Morgan fingerprint density at radius 3 is 2.56 bits per heavy atom. The van der Waals surface area contributed by atoms with E-state index < -0.39 is 10.0 Å². The summed E-state index contributed by atoms with van der Waals surface area (Å²) in [5.41, 5.74) is 2.45. The highest BCUT2D eigenvalue weighted by Crippen LogP contribution is 2.25. The Hall–Kier alpha value is -2.64. The lowest BCUT2D eigenvalue weighted by Gasteiger charge is -2.13. The number of rotatable bonds is 6. The average Bonchev–Trinajstić information content (AvgIpc) is 2.63. The van der Waals surface area contributed by atoms with Gasteiger partial charge in [0.2, 0.25) is 10.0 Å². The van der Waals surface area contributed by atoms with Gasteiger partial charge in [0.1, 0.15) is 5.75 Å². The number of pyridine rings is 1. The Morgan fingerprint density at radius 2 is 1.81 bits per heavy atom. The molecule has 7 heteroatoms. The molecular formula is C20H22N2O4S. The van der Waals surface area contributed by atoms with Crippen LogP contribution < -0.4 is 15.0 Å². The molecule has 0 spiro atoms. The minimum Gasteiger partial charge on any atom is -0.496 e. The zero-order chi connectivity index (χ0) is 19.6. The molecule has 0 amide bonds. The number of ether oxygens (including phenoxy) is 1. The molecule has 0 bridgehead atoms. The van der Waals surface area contributed by atoms with Crippen LogP contribution in [-0.4, -0.2) is 27.1 Å². The van der Waals surface area contributed by atoms with Crippen molar-refractivity contribution in [3.63, 3.8) is 0 Å². The zero-order valence-corrected chi connectivity index (χ0v) is 16.3. The van der Waals surface area contributed by atoms with E-state index in [9.17, 15) is 13.2 Å². The molecule has 0 aliphatic carbocycles. The average molecular weight is 386 g/mol. The summed E-state index contributed by atoms with van der Waals surface area (Å²) in [6, 6.07) is 12.6. The highest BCUT2D eigenvalue weighted by atomic mass is 32.2. The molecule has 2 aromatic carbocycles. The van der Waals surface area contributed by atoms with Crippen molar-refractivity contribution in [3.8, 4) is 5.75 Å². The molecule has 0 saturated heterocycles. The monoisotopic (exact) mass is 386 g/mol. The quantitative estimate of drug-likeness (QED) is 0.682. The second-order valence-electron chi connectivity index (χ2n) is 6.45. The fraction of sp³-hybridized carbons (Fsp3) is 0.250. The third-order valence-corrected chi connectivity index (χ3v) is 6.10. The minimum atomic E-state index is -3.68. The van der Waals surface area contributed by atoms with Crippen LogP contribution in [0, 0.1) is 13.8 Å². The van der Waals surface area contributed by atoms with Gasteiger partial charge in [0.15, 0.2) is 0 Å². The number of hydrogen-bond donors (Lipinski definition) is 2. The van der Waals surface area contributed by atoms with Gasteiger partial charge in [-0.1, -0.05) is 18.2 Å². The van der Waals surface area contributed by atoms with Crippen molar-refractivity contribution in [3.05, 3.63) is 69.5 Å². The lowest BCUT2D eigenvalue weighted by atomic mass is 10.1. The minimum absolute atomic E-state index is 0.133. The Bertz CT molecular complexity index is 1150. The number of aromatic amines is 1. The van der Waals surface area contributed by atoms with E-state index in [0.717, 1.165) is 16.5 Å². The van der Waals surface area contributed by atoms with Gasteiger partial charge in [-0.05, 0) is 61.0 Å². The lowest BCUT2D eigenvalue weighted by Crippen LogP contribution is -2.28. The van der Waals surface area contributed by atoms with Gasteiger partial charge >= 0.3 is 0 Å². The number of para-hydroxylation sites is 1. The van der Waals surface area contributed by atoms with Crippen molar-refractivity contribution < 1.29 is 13.2 Å². The standard InChI is InChI=1S/C20H22N2O4S/c1-13-11-19(14(2)10-18(13)26-3)27(24,25)21-9-8-16-12-15-6-4-5-7-17(15)22-20(16)23/h4-7,10-12,21H,8-9H2,1-3H3,(H,22,23). The molecule has 0 aliphatic rings. The third kappa shape index (κ3) is 4.04. The van der Waals surface area contributed by atoms with Crippen LogP contribution >= 0.6 is 0 Å². The SMILES string of the molecule is COc1cc(C)c(S(=O)(=O)NCCc2cc3ccccc3[nH]c2=O)cc1C. The van der Waals surface area contributed by atoms with E-state index in [-0.39, 0.29) is 17.0 Å². The number of hydrogen-bond acceptors (Lipinski definition) is 4. The van der Waals surface area contributed by atoms with Crippen molar-refractivity contribution in [2.45, 2.75) is 25.2 Å². The maximum Gasteiger partial charge on any atom is 0.251 e. The first-order valence-corrected chi connectivity index (χ1v) is 10.1. The van der Waals surface area contributed by atoms with Gasteiger partial charge in [0.25, 0.3) is 5.56 Å². The van der Waals surface area contributed by atoms with Crippen LogP contribution in [0.1, 0.15) is 16.7 Å². The fourth-order valence-corrected chi connectivity index (χ4v) is 4.39. The summed E-state index contributed by atoms with van der Waals surface area (Å²) in [7, 11) is -2.13.